The molecule has 0 bridgehead atoms. The topological polar surface area (TPSA) is 50.4 Å². The maximum atomic E-state index is 11.1. The molecule has 1 aromatic rings. The lowest BCUT2D eigenvalue weighted by molar-refractivity contribution is 0.237. The maximum absolute atomic E-state index is 11.1. The Morgan fingerprint density at radius 3 is 2.71 bits per heavy atom. The molecule has 2 N–H and O–H groups in total. The van der Waals surface area contributed by atoms with E-state index in [0.29, 0.717) is 19.7 Å². The standard InChI is InChI=1S/C13H18N2O2/c1-3-8-14-13(16)15-9-10-17-12-6-4-11(2)5-7-12/h3-7H,1,8-10H2,2H3,(H2,14,15,16). The fourth-order valence-corrected chi connectivity index (χ4v) is 1.20. The predicted octanol–water partition coefficient (Wildman–Crippen LogP) is 1.86. The molecule has 4 nitrogen and oxygen atoms in total. The Bertz CT molecular complexity index is 360. The second kappa shape index (κ2) is 7.33. The van der Waals surface area contributed by atoms with Gasteiger partial charge in [0, 0.05) is 6.54 Å². The molecule has 0 fully saturated rings. The first-order chi connectivity index (χ1) is 8.22. The first-order valence-electron chi connectivity index (χ1n) is 5.54. The first kappa shape index (κ1) is 13.1. The van der Waals surface area contributed by atoms with Crippen molar-refractivity contribution in [3.8, 4) is 5.75 Å². The number of urea groups is 1. The molecule has 92 valence electrons. The minimum atomic E-state index is -0.211. The van der Waals surface area contributed by atoms with Gasteiger partial charge in [-0.25, -0.2) is 4.79 Å². The Hall–Kier alpha value is -1.97. The number of rotatable bonds is 6. The molecule has 0 spiro atoms. The Morgan fingerprint density at radius 2 is 2.06 bits per heavy atom. The smallest absolute Gasteiger partial charge is 0.315 e. The third-order valence-electron chi connectivity index (χ3n) is 2.08. The van der Waals surface area contributed by atoms with Gasteiger partial charge in [-0.1, -0.05) is 23.8 Å². The van der Waals surface area contributed by atoms with Crippen molar-refractivity contribution in [3.63, 3.8) is 0 Å². The Balaban J connectivity index is 2.13. The summed E-state index contributed by atoms with van der Waals surface area (Å²) in [5.74, 6) is 0.809. The highest BCUT2D eigenvalue weighted by Gasteiger charge is 1.97. The number of hydrogen-bond donors (Lipinski definition) is 2. The number of aryl methyl sites for hydroxylation is 1. The summed E-state index contributed by atoms with van der Waals surface area (Å²) < 4.78 is 5.45. The summed E-state index contributed by atoms with van der Waals surface area (Å²) >= 11 is 0. The van der Waals surface area contributed by atoms with Crippen molar-refractivity contribution in [2.75, 3.05) is 19.7 Å². The van der Waals surface area contributed by atoms with Crippen LogP contribution in [0.15, 0.2) is 36.9 Å². The summed E-state index contributed by atoms with van der Waals surface area (Å²) in [5, 5.41) is 5.29. The zero-order valence-corrected chi connectivity index (χ0v) is 10.0. The van der Waals surface area contributed by atoms with Gasteiger partial charge < -0.3 is 15.4 Å². The van der Waals surface area contributed by atoms with E-state index in [1.165, 1.54) is 5.56 Å². The second-order valence-electron chi connectivity index (χ2n) is 3.59. The molecular formula is C13H18N2O2. The average molecular weight is 234 g/mol. The van der Waals surface area contributed by atoms with Gasteiger partial charge in [0.2, 0.25) is 0 Å². The van der Waals surface area contributed by atoms with Gasteiger partial charge >= 0.3 is 6.03 Å². The molecule has 0 aliphatic heterocycles. The highest BCUT2D eigenvalue weighted by Crippen LogP contribution is 2.10. The minimum absolute atomic E-state index is 0.211. The molecule has 2 amide bonds. The van der Waals surface area contributed by atoms with E-state index in [4.69, 9.17) is 4.74 Å². The molecule has 0 aliphatic rings. The SMILES string of the molecule is C=CCNC(=O)NCCOc1ccc(C)cc1. The van der Waals surface area contributed by atoms with Gasteiger partial charge in [0.25, 0.3) is 0 Å². The van der Waals surface area contributed by atoms with Gasteiger partial charge in [0.1, 0.15) is 12.4 Å². The van der Waals surface area contributed by atoms with Crippen LogP contribution in [0.4, 0.5) is 4.79 Å². The summed E-state index contributed by atoms with van der Waals surface area (Å²) in [6.07, 6.45) is 1.63. The van der Waals surface area contributed by atoms with E-state index in [9.17, 15) is 4.79 Å². The van der Waals surface area contributed by atoms with Crippen molar-refractivity contribution in [2.24, 2.45) is 0 Å². The van der Waals surface area contributed by atoms with Crippen LogP contribution in [0.5, 0.6) is 5.75 Å². The van der Waals surface area contributed by atoms with Crippen molar-refractivity contribution < 1.29 is 9.53 Å². The van der Waals surface area contributed by atoms with E-state index in [-0.39, 0.29) is 6.03 Å². The van der Waals surface area contributed by atoms with Crippen LogP contribution in [-0.4, -0.2) is 25.7 Å². The van der Waals surface area contributed by atoms with Gasteiger partial charge in [-0.2, -0.15) is 0 Å². The third-order valence-corrected chi connectivity index (χ3v) is 2.08. The van der Waals surface area contributed by atoms with Crippen molar-refractivity contribution in [1.82, 2.24) is 10.6 Å². The van der Waals surface area contributed by atoms with Crippen molar-refractivity contribution in [3.05, 3.63) is 42.5 Å². The van der Waals surface area contributed by atoms with Gasteiger partial charge in [0.05, 0.1) is 6.54 Å². The number of hydrogen-bond acceptors (Lipinski definition) is 2. The predicted molar refractivity (Wildman–Crippen MR) is 68.3 cm³/mol. The van der Waals surface area contributed by atoms with Crippen LogP contribution in [0, 0.1) is 6.92 Å². The quantitative estimate of drug-likeness (QED) is 0.583. The summed E-state index contributed by atoms with van der Waals surface area (Å²) in [6.45, 7) is 6.91. The molecule has 0 saturated heterocycles. The normalized spacial score (nSPS) is 9.47. The lowest BCUT2D eigenvalue weighted by Crippen LogP contribution is -2.37. The van der Waals surface area contributed by atoms with Crippen LogP contribution in [0.25, 0.3) is 0 Å². The Morgan fingerprint density at radius 1 is 1.35 bits per heavy atom. The number of nitrogens with one attached hydrogen (secondary N) is 2. The van der Waals surface area contributed by atoms with E-state index in [1.54, 1.807) is 6.08 Å². The first-order valence-corrected chi connectivity index (χ1v) is 5.54. The fourth-order valence-electron chi connectivity index (χ4n) is 1.20. The molecule has 0 aromatic heterocycles. The molecule has 0 aliphatic carbocycles. The van der Waals surface area contributed by atoms with Crippen molar-refractivity contribution >= 4 is 6.03 Å². The maximum Gasteiger partial charge on any atom is 0.315 e. The third kappa shape index (κ3) is 5.61. The van der Waals surface area contributed by atoms with Crippen LogP contribution < -0.4 is 15.4 Å². The van der Waals surface area contributed by atoms with E-state index < -0.39 is 0 Å². The van der Waals surface area contributed by atoms with E-state index in [2.05, 4.69) is 17.2 Å². The molecule has 4 heteroatoms. The molecule has 0 saturated carbocycles. The zero-order valence-electron chi connectivity index (χ0n) is 10.0. The van der Waals surface area contributed by atoms with Crippen LogP contribution in [0.2, 0.25) is 0 Å². The molecular weight excluding hydrogens is 216 g/mol. The van der Waals surface area contributed by atoms with Crippen LogP contribution in [0.1, 0.15) is 5.56 Å². The second-order valence-corrected chi connectivity index (χ2v) is 3.59. The highest BCUT2D eigenvalue weighted by molar-refractivity contribution is 5.73. The van der Waals surface area contributed by atoms with Crippen LogP contribution in [0.3, 0.4) is 0 Å². The number of carbonyl (C=O) groups excluding carboxylic acids is 1. The van der Waals surface area contributed by atoms with Crippen molar-refractivity contribution in [2.45, 2.75) is 6.92 Å². The molecule has 0 heterocycles. The average Bonchev–Trinajstić information content (AvgIpc) is 2.34. The molecule has 1 rings (SSSR count). The van der Waals surface area contributed by atoms with E-state index in [0.717, 1.165) is 5.75 Å². The van der Waals surface area contributed by atoms with Gasteiger partial charge in [-0.3, -0.25) is 0 Å². The number of ether oxygens (including phenoxy) is 1. The summed E-state index contributed by atoms with van der Waals surface area (Å²) in [5.41, 5.74) is 1.19. The molecule has 0 radical (unpaired) electrons. The fraction of sp³-hybridized carbons (Fsp3) is 0.308. The molecule has 1 aromatic carbocycles. The Kier molecular flexibility index (Phi) is 5.64. The molecule has 0 atom stereocenters. The molecule has 0 unspecified atom stereocenters. The monoisotopic (exact) mass is 234 g/mol. The number of amides is 2. The minimum Gasteiger partial charge on any atom is -0.492 e. The van der Waals surface area contributed by atoms with Gasteiger partial charge in [-0.05, 0) is 19.1 Å². The van der Waals surface area contributed by atoms with Gasteiger partial charge in [-0.15, -0.1) is 6.58 Å². The van der Waals surface area contributed by atoms with Crippen LogP contribution in [-0.2, 0) is 0 Å². The summed E-state index contributed by atoms with van der Waals surface area (Å²) in [4.78, 5) is 11.1. The highest BCUT2D eigenvalue weighted by atomic mass is 16.5. The lowest BCUT2D eigenvalue weighted by Gasteiger charge is -2.08. The summed E-state index contributed by atoms with van der Waals surface area (Å²) in [6, 6.07) is 7.58. The zero-order chi connectivity index (χ0) is 12.5. The van der Waals surface area contributed by atoms with Crippen LogP contribution >= 0.6 is 0 Å². The van der Waals surface area contributed by atoms with E-state index in [1.807, 2.05) is 31.2 Å². The van der Waals surface area contributed by atoms with E-state index >= 15 is 0 Å². The van der Waals surface area contributed by atoms with Gasteiger partial charge in [0.15, 0.2) is 0 Å². The number of carbonyl (C=O) groups is 1. The largest absolute Gasteiger partial charge is 0.492 e. The summed E-state index contributed by atoms with van der Waals surface area (Å²) in [7, 11) is 0. The van der Waals surface area contributed by atoms with Crippen molar-refractivity contribution in [1.29, 1.82) is 0 Å². The lowest BCUT2D eigenvalue weighted by atomic mass is 10.2. The number of benzene rings is 1. The molecule has 17 heavy (non-hydrogen) atoms. The Labute approximate surface area is 102 Å².